The van der Waals surface area contributed by atoms with Crippen LogP contribution in [0.1, 0.15) is 18.5 Å². The number of benzene rings is 2. The Morgan fingerprint density at radius 2 is 1.97 bits per heavy atom. The van der Waals surface area contributed by atoms with Crippen molar-refractivity contribution < 1.29 is 31.9 Å². The second-order valence-electron chi connectivity index (χ2n) is 6.76. The molecule has 1 unspecified atom stereocenters. The Kier molecular flexibility index (Phi) is 7.05. The topological polar surface area (TPSA) is 111 Å². The maximum absolute atomic E-state index is 13.5. The standard InChI is InChI=1S/C21H20ClFN2O6S/c1-3-31-20(26)18-17(11-32(28,29)14-7-8-16(23)15(22)10-14)24-21(27)25-19(18)12-5-4-6-13(9-12)30-2/h4-10,19H,3,11H2,1-2H3,(H2,24,25,27). The van der Waals surface area contributed by atoms with E-state index in [-0.39, 0.29) is 27.8 Å². The van der Waals surface area contributed by atoms with Gasteiger partial charge < -0.3 is 20.1 Å². The van der Waals surface area contributed by atoms with E-state index in [2.05, 4.69) is 10.6 Å². The summed E-state index contributed by atoms with van der Waals surface area (Å²) < 4.78 is 49.8. The molecule has 170 valence electrons. The first-order valence-corrected chi connectivity index (χ1v) is 11.5. The number of carbonyl (C=O) groups is 2. The molecule has 0 fully saturated rings. The molecule has 2 N–H and O–H groups in total. The molecule has 2 amide bonds. The predicted octanol–water partition coefficient (Wildman–Crippen LogP) is 3.13. The van der Waals surface area contributed by atoms with Gasteiger partial charge in [-0.25, -0.2) is 22.4 Å². The summed E-state index contributed by atoms with van der Waals surface area (Å²) in [5.74, 6) is -1.83. The summed E-state index contributed by atoms with van der Waals surface area (Å²) in [6.07, 6.45) is 0. The fourth-order valence-corrected chi connectivity index (χ4v) is 4.79. The molecule has 32 heavy (non-hydrogen) atoms. The number of esters is 1. The summed E-state index contributed by atoms with van der Waals surface area (Å²) in [7, 11) is -2.64. The Morgan fingerprint density at radius 3 is 2.62 bits per heavy atom. The van der Waals surface area contributed by atoms with Crippen LogP contribution in [0.2, 0.25) is 5.02 Å². The third-order valence-corrected chi connectivity index (χ3v) is 6.59. The number of hydrogen-bond acceptors (Lipinski definition) is 6. The number of methoxy groups -OCH3 is 1. The molecule has 1 heterocycles. The van der Waals surface area contributed by atoms with Crippen molar-refractivity contribution in [3.8, 4) is 5.75 Å². The summed E-state index contributed by atoms with van der Waals surface area (Å²) >= 11 is 5.72. The van der Waals surface area contributed by atoms with Crippen molar-refractivity contribution in [3.05, 3.63) is 70.1 Å². The van der Waals surface area contributed by atoms with Gasteiger partial charge in [-0.15, -0.1) is 0 Å². The van der Waals surface area contributed by atoms with Gasteiger partial charge in [0.1, 0.15) is 11.6 Å². The zero-order valence-electron chi connectivity index (χ0n) is 17.1. The molecule has 0 aromatic heterocycles. The van der Waals surface area contributed by atoms with Crippen molar-refractivity contribution in [2.24, 2.45) is 0 Å². The lowest BCUT2D eigenvalue weighted by atomic mass is 9.95. The first kappa shape index (κ1) is 23.6. The number of nitrogens with one attached hydrogen (secondary N) is 2. The van der Waals surface area contributed by atoms with Crippen molar-refractivity contribution >= 4 is 33.4 Å². The van der Waals surface area contributed by atoms with E-state index in [0.29, 0.717) is 11.3 Å². The highest BCUT2D eigenvalue weighted by atomic mass is 35.5. The smallest absolute Gasteiger partial charge is 0.338 e. The minimum absolute atomic E-state index is 0.0364. The summed E-state index contributed by atoms with van der Waals surface area (Å²) in [6.45, 7) is 1.64. The predicted molar refractivity (Wildman–Crippen MR) is 115 cm³/mol. The Morgan fingerprint density at radius 1 is 1.22 bits per heavy atom. The molecule has 0 aliphatic carbocycles. The molecule has 1 aliphatic heterocycles. The van der Waals surface area contributed by atoms with E-state index >= 15 is 0 Å². The van der Waals surface area contributed by atoms with Gasteiger partial charge >= 0.3 is 12.0 Å². The molecule has 11 heteroatoms. The normalized spacial score (nSPS) is 16.2. The number of sulfone groups is 1. The summed E-state index contributed by atoms with van der Waals surface area (Å²) in [5.41, 5.74) is 0.263. The molecular weight excluding hydrogens is 463 g/mol. The molecule has 2 aromatic carbocycles. The van der Waals surface area contributed by atoms with Crippen molar-refractivity contribution in [1.82, 2.24) is 10.6 Å². The van der Waals surface area contributed by atoms with E-state index in [1.165, 1.54) is 7.11 Å². The first-order valence-electron chi connectivity index (χ1n) is 9.45. The van der Waals surface area contributed by atoms with E-state index in [0.717, 1.165) is 18.2 Å². The number of ether oxygens (including phenoxy) is 2. The molecule has 0 spiro atoms. The number of hydrogen-bond donors (Lipinski definition) is 2. The highest BCUT2D eigenvalue weighted by Crippen LogP contribution is 2.31. The van der Waals surface area contributed by atoms with Crippen molar-refractivity contribution in [2.75, 3.05) is 19.5 Å². The average Bonchev–Trinajstić information content (AvgIpc) is 2.75. The SMILES string of the molecule is CCOC(=O)C1=C(CS(=O)(=O)c2ccc(F)c(Cl)c2)NC(=O)NC1c1cccc(OC)c1. The highest BCUT2D eigenvalue weighted by molar-refractivity contribution is 7.91. The second kappa shape index (κ2) is 9.58. The zero-order chi connectivity index (χ0) is 23.5. The van der Waals surface area contributed by atoms with Crippen molar-refractivity contribution in [3.63, 3.8) is 0 Å². The lowest BCUT2D eigenvalue weighted by Crippen LogP contribution is -2.47. The van der Waals surface area contributed by atoms with Gasteiger partial charge in [0, 0.05) is 5.70 Å². The molecule has 2 aromatic rings. The molecule has 0 bridgehead atoms. The fourth-order valence-electron chi connectivity index (χ4n) is 3.20. The van der Waals surface area contributed by atoms with E-state index in [4.69, 9.17) is 21.1 Å². The lowest BCUT2D eigenvalue weighted by molar-refractivity contribution is -0.139. The van der Waals surface area contributed by atoms with Gasteiger partial charge in [0.15, 0.2) is 9.84 Å². The Hall–Kier alpha value is -3.11. The minimum atomic E-state index is -4.11. The minimum Gasteiger partial charge on any atom is -0.497 e. The Bertz CT molecular complexity index is 1200. The van der Waals surface area contributed by atoms with Gasteiger partial charge in [-0.05, 0) is 42.8 Å². The summed E-state index contributed by atoms with van der Waals surface area (Å²) in [6, 6.07) is 7.89. The summed E-state index contributed by atoms with van der Waals surface area (Å²) in [4.78, 5) is 24.9. The largest absolute Gasteiger partial charge is 0.497 e. The third-order valence-electron chi connectivity index (χ3n) is 4.66. The van der Waals surface area contributed by atoms with Crippen LogP contribution >= 0.6 is 11.6 Å². The van der Waals surface area contributed by atoms with Gasteiger partial charge in [0.05, 0.1) is 41.0 Å². The van der Waals surface area contributed by atoms with Gasteiger partial charge in [0.2, 0.25) is 0 Å². The number of rotatable bonds is 7. The van der Waals surface area contributed by atoms with E-state index in [9.17, 15) is 22.4 Å². The van der Waals surface area contributed by atoms with Gasteiger partial charge in [0.25, 0.3) is 0 Å². The molecule has 1 aliphatic rings. The fraction of sp³-hybridized carbons (Fsp3) is 0.238. The first-order chi connectivity index (χ1) is 15.2. The third kappa shape index (κ3) is 5.03. The van der Waals surface area contributed by atoms with Crippen molar-refractivity contribution in [2.45, 2.75) is 17.9 Å². The van der Waals surface area contributed by atoms with Crippen molar-refractivity contribution in [1.29, 1.82) is 0 Å². The highest BCUT2D eigenvalue weighted by Gasteiger charge is 2.36. The quantitative estimate of drug-likeness (QED) is 0.463. The number of carbonyl (C=O) groups excluding carboxylic acids is 2. The van der Waals surface area contributed by atoms with Crippen LogP contribution in [-0.4, -0.2) is 39.9 Å². The van der Waals surface area contributed by atoms with Crippen LogP contribution in [-0.2, 0) is 19.4 Å². The molecule has 0 saturated carbocycles. The second-order valence-corrected chi connectivity index (χ2v) is 9.15. The molecule has 0 saturated heterocycles. The van der Waals surface area contributed by atoms with E-state index in [1.54, 1.807) is 31.2 Å². The molecule has 3 rings (SSSR count). The van der Waals surface area contributed by atoms with E-state index < -0.39 is 39.4 Å². The Labute approximate surface area is 189 Å². The van der Waals surface area contributed by atoms with Crippen LogP contribution in [0.4, 0.5) is 9.18 Å². The van der Waals surface area contributed by atoms with Gasteiger partial charge in [-0.2, -0.15) is 0 Å². The molecule has 8 nitrogen and oxygen atoms in total. The number of halogens is 2. The molecule has 1 atom stereocenters. The lowest BCUT2D eigenvalue weighted by Gasteiger charge is -2.29. The maximum Gasteiger partial charge on any atom is 0.338 e. The van der Waals surface area contributed by atoms with Crippen LogP contribution in [0.3, 0.4) is 0 Å². The van der Waals surface area contributed by atoms with Crippen LogP contribution in [0.5, 0.6) is 5.75 Å². The van der Waals surface area contributed by atoms with Crippen LogP contribution in [0.25, 0.3) is 0 Å². The van der Waals surface area contributed by atoms with E-state index in [1.807, 2.05) is 0 Å². The Balaban J connectivity index is 2.11. The molecular formula is C21H20ClFN2O6S. The average molecular weight is 483 g/mol. The monoisotopic (exact) mass is 482 g/mol. The van der Waals surface area contributed by atoms with Crippen LogP contribution < -0.4 is 15.4 Å². The summed E-state index contributed by atoms with van der Waals surface area (Å²) in [5, 5.41) is 4.65. The van der Waals surface area contributed by atoms with Crippen LogP contribution in [0.15, 0.2) is 58.6 Å². The van der Waals surface area contributed by atoms with Gasteiger partial charge in [-0.1, -0.05) is 23.7 Å². The maximum atomic E-state index is 13.5. The zero-order valence-corrected chi connectivity index (χ0v) is 18.7. The number of urea groups is 1. The molecule has 0 radical (unpaired) electrons. The number of amides is 2. The van der Waals surface area contributed by atoms with Gasteiger partial charge in [-0.3, -0.25) is 0 Å². The van der Waals surface area contributed by atoms with Crippen LogP contribution in [0, 0.1) is 5.82 Å².